The summed E-state index contributed by atoms with van der Waals surface area (Å²) in [4.78, 5) is 17.2. The van der Waals surface area contributed by atoms with Crippen LogP contribution in [-0.2, 0) is 9.53 Å². The number of aromatic nitrogens is 3. The van der Waals surface area contributed by atoms with Crippen molar-refractivity contribution in [1.82, 2.24) is 14.8 Å². The molecule has 1 aromatic heterocycles. The lowest BCUT2D eigenvalue weighted by molar-refractivity contribution is -0.144. The monoisotopic (exact) mass is 333 g/mol. The molecular weight excluding hydrogens is 314 g/mol. The average molecular weight is 333 g/mol. The maximum absolute atomic E-state index is 12.7. The van der Waals surface area contributed by atoms with Gasteiger partial charge < -0.3 is 4.74 Å². The molecule has 0 saturated carbocycles. The first-order valence-corrected chi connectivity index (χ1v) is 8.44. The quantitative estimate of drug-likeness (QED) is 0.691. The number of rotatable bonds is 3. The Morgan fingerprint density at radius 1 is 1.08 bits per heavy atom. The number of ether oxygens (including phenoxy) is 1. The number of hydrogen-bond acceptors (Lipinski definition) is 4. The van der Waals surface area contributed by atoms with Gasteiger partial charge >= 0.3 is 5.97 Å². The van der Waals surface area contributed by atoms with E-state index in [1.807, 2.05) is 54.9 Å². The normalized spacial score (nSPS) is 18.3. The van der Waals surface area contributed by atoms with Crippen molar-refractivity contribution in [2.24, 2.45) is 0 Å². The van der Waals surface area contributed by atoms with Crippen molar-refractivity contribution in [2.45, 2.75) is 25.8 Å². The number of benzene rings is 2. The Morgan fingerprint density at radius 2 is 1.76 bits per heavy atom. The van der Waals surface area contributed by atoms with Crippen LogP contribution >= 0.6 is 0 Å². The number of carbonyl (C=O) groups excluding carboxylic acids is 1. The van der Waals surface area contributed by atoms with Gasteiger partial charge in [-0.25, -0.2) is 9.67 Å². The second-order valence-corrected chi connectivity index (χ2v) is 6.09. The summed E-state index contributed by atoms with van der Waals surface area (Å²) in [5.74, 6) is 0.467. The van der Waals surface area contributed by atoms with E-state index in [0.29, 0.717) is 18.3 Å². The molecule has 0 bridgehead atoms. The summed E-state index contributed by atoms with van der Waals surface area (Å²) in [5.41, 5.74) is 3.11. The molecule has 0 N–H and O–H groups in total. The van der Waals surface area contributed by atoms with Gasteiger partial charge in [0.25, 0.3) is 0 Å². The van der Waals surface area contributed by atoms with Gasteiger partial charge in [-0.1, -0.05) is 54.6 Å². The van der Waals surface area contributed by atoms with Crippen molar-refractivity contribution in [3.05, 3.63) is 82.9 Å². The first kappa shape index (κ1) is 15.6. The molecular formula is C20H19N3O2. The summed E-state index contributed by atoms with van der Waals surface area (Å²) < 4.78 is 7.19. The van der Waals surface area contributed by atoms with Gasteiger partial charge in [0, 0.05) is 0 Å². The number of fused-ring (bicyclic) bond motifs is 2. The van der Waals surface area contributed by atoms with Crippen LogP contribution in [0.2, 0.25) is 0 Å². The van der Waals surface area contributed by atoms with Crippen molar-refractivity contribution in [3.8, 4) is 0 Å². The predicted octanol–water partition coefficient (Wildman–Crippen LogP) is 3.23. The zero-order valence-corrected chi connectivity index (χ0v) is 14.2. The fourth-order valence-corrected chi connectivity index (χ4v) is 3.54. The van der Waals surface area contributed by atoms with Crippen LogP contribution in [0.3, 0.4) is 0 Å². The summed E-state index contributed by atoms with van der Waals surface area (Å²) in [6.07, 6.45) is 0. The Morgan fingerprint density at radius 3 is 2.48 bits per heavy atom. The van der Waals surface area contributed by atoms with Crippen molar-refractivity contribution in [2.75, 3.05) is 6.61 Å². The molecule has 2 aromatic carbocycles. The van der Waals surface area contributed by atoms with Gasteiger partial charge in [-0.2, -0.15) is 5.10 Å². The number of nitrogens with zero attached hydrogens (tertiary/aromatic N) is 3. The Kier molecular flexibility index (Phi) is 3.84. The molecule has 0 aliphatic carbocycles. The highest BCUT2D eigenvalue weighted by Crippen LogP contribution is 2.41. The largest absolute Gasteiger partial charge is 0.465 e. The fourth-order valence-electron chi connectivity index (χ4n) is 3.54. The Balaban J connectivity index is 1.96. The van der Waals surface area contributed by atoms with Gasteiger partial charge in [0.2, 0.25) is 0 Å². The third-order valence-electron chi connectivity index (χ3n) is 4.51. The molecule has 3 aromatic rings. The lowest BCUT2D eigenvalue weighted by Crippen LogP contribution is -2.31. The summed E-state index contributed by atoms with van der Waals surface area (Å²) in [5, 5.41) is 4.60. The molecule has 5 nitrogen and oxygen atoms in total. The Labute approximate surface area is 146 Å². The molecule has 4 rings (SSSR count). The van der Waals surface area contributed by atoms with Gasteiger partial charge in [-0.05, 0) is 30.5 Å². The molecule has 1 aliphatic rings. The van der Waals surface area contributed by atoms with Gasteiger partial charge in [0.05, 0.1) is 6.61 Å². The van der Waals surface area contributed by atoms with Crippen LogP contribution in [0.15, 0.2) is 54.6 Å². The SMILES string of the molecule is CCOC(=O)[C@@H]1c2ccccc2[C@H](c2ccccc2)n2nc(C)nc21. The number of aryl methyl sites for hydroxylation is 1. The molecule has 25 heavy (non-hydrogen) atoms. The highest BCUT2D eigenvalue weighted by Gasteiger charge is 2.39. The van der Waals surface area contributed by atoms with Crippen LogP contribution in [0.5, 0.6) is 0 Å². The third kappa shape index (κ3) is 2.52. The third-order valence-corrected chi connectivity index (χ3v) is 4.51. The molecule has 0 amide bonds. The van der Waals surface area contributed by atoms with E-state index >= 15 is 0 Å². The van der Waals surface area contributed by atoms with E-state index in [0.717, 1.165) is 16.7 Å². The number of hydrogen-bond donors (Lipinski definition) is 0. The molecule has 1 aliphatic heterocycles. The van der Waals surface area contributed by atoms with Crippen LogP contribution in [0, 0.1) is 6.92 Å². The number of esters is 1. The molecule has 126 valence electrons. The predicted molar refractivity (Wildman–Crippen MR) is 93.4 cm³/mol. The molecule has 2 heterocycles. The van der Waals surface area contributed by atoms with Crippen LogP contribution in [-0.4, -0.2) is 27.3 Å². The second-order valence-electron chi connectivity index (χ2n) is 6.09. The first-order chi connectivity index (χ1) is 12.2. The number of carbonyl (C=O) groups is 1. The van der Waals surface area contributed by atoms with E-state index in [1.54, 1.807) is 0 Å². The van der Waals surface area contributed by atoms with E-state index in [2.05, 4.69) is 28.3 Å². The molecule has 0 radical (unpaired) electrons. The van der Waals surface area contributed by atoms with Gasteiger partial charge in [0.15, 0.2) is 0 Å². The van der Waals surface area contributed by atoms with Crippen molar-refractivity contribution in [1.29, 1.82) is 0 Å². The zero-order chi connectivity index (χ0) is 17.4. The van der Waals surface area contributed by atoms with E-state index in [4.69, 9.17) is 4.74 Å². The van der Waals surface area contributed by atoms with Gasteiger partial charge in [-0.3, -0.25) is 4.79 Å². The minimum Gasteiger partial charge on any atom is -0.465 e. The van der Waals surface area contributed by atoms with Crippen LogP contribution < -0.4 is 0 Å². The fraction of sp³-hybridized carbons (Fsp3) is 0.250. The molecule has 0 unspecified atom stereocenters. The molecule has 0 fully saturated rings. The first-order valence-electron chi connectivity index (χ1n) is 8.44. The van der Waals surface area contributed by atoms with E-state index in [1.165, 1.54) is 0 Å². The summed E-state index contributed by atoms with van der Waals surface area (Å²) in [6.45, 7) is 4.00. The van der Waals surface area contributed by atoms with Crippen LogP contribution in [0.25, 0.3) is 0 Å². The van der Waals surface area contributed by atoms with E-state index in [9.17, 15) is 4.79 Å². The smallest absolute Gasteiger partial charge is 0.321 e. The van der Waals surface area contributed by atoms with Crippen LogP contribution in [0.4, 0.5) is 0 Å². The van der Waals surface area contributed by atoms with Crippen molar-refractivity contribution >= 4 is 5.97 Å². The minimum absolute atomic E-state index is 0.0979. The Hall–Kier alpha value is -2.95. The maximum Gasteiger partial charge on any atom is 0.321 e. The highest BCUT2D eigenvalue weighted by atomic mass is 16.5. The minimum atomic E-state index is -0.544. The van der Waals surface area contributed by atoms with Crippen LogP contribution in [0.1, 0.15) is 47.2 Å². The Bertz CT molecular complexity index is 918. The topological polar surface area (TPSA) is 57.0 Å². The highest BCUT2D eigenvalue weighted by molar-refractivity contribution is 5.82. The van der Waals surface area contributed by atoms with Gasteiger partial charge in [0.1, 0.15) is 23.6 Å². The van der Waals surface area contributed by atoms with Crippen molar-refractivity contribution in [3.63, 3.8) is 0 Å². The summed E-state index contributed by atoms with van der Waals surface area (Å²) >= 11 is 0. The van der Waals surface area contributed by atoms with E-state index < -0.39 is 5.92 Å². The lowest BCUT2D eigenvalue weighted by Gasteiger charge is -2.31. The second kappa shape index (κ2) is 6.16. The average Bonchev–Trinajstić information content (AvgIpc) is 3.00. The molecule has 5 heteroatoms. The summed E-state index contributed by atoms with van der Waals surface area (Å²) in [7, 11) is 0. The van der Waals surface area contributed by atoms with Crippen molar-refractivity contribution < 1.29 is 9.53 Å². The summed E-state index contributed by atoms with van der Waals surface area (Å²) in [6, 6.07) is 18.1. The molecule has 0 saturated heterocycles. The van der Waals surface area contributed by atoms with E-state index in [-0.39, 0.29) is 12.0 Å². The molecule has 2 atom stereocenters. The maximum atomic E-state index is 12.7. The van der Waals surface area contributed by atoms with Gasteiger partial charge in [-0.15, -0.1) is 0 Å². The standard InChI is InChI=1S/C20H19N3O2/c1-3-25-20(24)17-15-11-7-8-12-16(15)18(14-9-5-4-6-10-14)23-19(17)21-13(2)22-23/h4-12,17-18H,3H2,1-2H3/t17-,18+/m1/s1. The lowest BCUT2D eigenvalue weighted by atomic mass is 9.84. The zero-order valence-electron chi connectivity index (χ0n) is 14.2. The molecule has 0 spiro atoms.